The molecule has 1 aromatic carbocycles. The predicted octanol–water partition coefficient (Wildman–Crippen LogP) is 2.61. The molecule has 0 atom stereocenters. The summed E-state index contributed by atoms with van der Waals surface area (Å²) in [5.74, 6) is 2.30. The van der Waals surface area contributed by atoms with Crippen LogP contribution in [0.3, 0.4) is 0 Å². The third-order valence-corrected chi connectivity index (χ3v) is 6.08. The van der Waals surface area contributed by atoms with E-state index < -0.39 is 5.60 Å². The minimum Gasteiger partial charge on any atom is -0.493 e. The number of likely N-dealkylation sites (tertiary alicyclic amines) is 1. The molecule has 4 rings (SSSR count). The van der Waals surface area contributed by atoms with Gasteiger partial charge in [0, 0.05) is 45.7 Å². The van der Waals surface area contributed by atoms with Gasteiger partial charge in [0.25, 0.3) is 5.91 Å². The number of amides is 1. The number of piperidine rings is 1. The molecule has 0 N–H and O–H groups in total. The van der Waals surface area contributed by atoms with Crippen LogP contribution < -0.4 is 18.9 Å². The number of carbonyl (C=O) groups is 1. The van der Waals surface area contributed by atoms with Crippen LogP contribution in [0, 0.1) is 0 Å². The highest BCUT2D eigenvalue weighted by molar-refractivity contribution is 5.96. The van der Waals surface area contributed by atoms with Crippen molar-refractivity contribution in [3.63, 3.8) is 0 Å². The Morgan fingerprint density at radius 2 is 1.77 bits per heavy atom. The SMILES string of the molecule is COc1cc(CN2CCC3(CC2)CN(C)C(=O)c2cccnc2O3)cc(OC)c1OC. The van der Waals surface area contributed by atoms with Gasteiger partial charge in [-0.05, 0) is 29.8 Å². The summed E-state index contributed by atoms with van der Waals surface area (Å²) in [5, 5.41) is 0. The van der Waals surface area contributed by atoms with Crippen molar-refractivity contribution in [1.29, 1.82) is 0 Å². The van der Waals surface area contributed by atoms with E-state index in [1.54, 1.807) is 44.6 Å². The summed E-state index contributed by atoms with van der Waals surface area (Å²) < 4.78 is 22.8. The molecule has 0 saturated carbocycles. The molecule has 2 aliphatic rings. The maximum Gasteiger partial charge on any atom is 0.259 e. The number of carbonyl (C=O) groups excluding carboxylic acids is 1. The smallest absolute Gasteiger partial charge is 0.259 e. The first-order valence-electron chi connectivity index (χ1n) is 10.4. The second kappa shape index (κ2) is 8.63. The first kappa shape index (κ1) is 21.2. The summed E-state index contributed by atoms with van der Waals surface area (Å²) in [6, 6.07) is 7.52. The lowest BCUT2D eigenvalue weighted by molar-refractivity contribution is -0.0159. The fraction of sp³-hybridized carbons (Fsp3) is 0.478. The maximum atomic E-state index is 12.7. The van der Waals surface area contributed by atoms with E-state index in [9.17, 15) is 4.79 Å². The van der Waals surface area contributed by atoms with Gasteiger partial charge >= 0.3 is 0 Å². The first-order chi connectivity index (χ1) is 15.0. The number of fused-ring (bicyclic) bond motifs is 1. The summed E-state index contributed by atoms with van der Waals surface area (Å²) in [5.41, 5.74) is 1.20. The van der Waals surface area contributed by atoms with E-state index >= 15 is 0 Å². The van der Waals surface area contributed by atoms with E-state index in [1.807, 2.05) is 19.2 Å². The molecule has 8 nitrogen and oxygen atoms in total. The van der Waals surface area contributed by atoms with Crippen LogP contribution in [0.1, 0.15) is 28.8 Å². The lowest BCUT2D eigenvalue weighted by Crippen LogP contribution is -2.53. The number of hydrogen-bond donors (Lipinski definition) is 0. The van der Waals surface area contributed by atoms with Crippen LogP contribution in [-0.4, -0.2) is 74.3 Å². The molecule has 1 amide bonds. The van der Waals surface area contributed by atoms with Crippen LogP contribution in [0.2, 0.25) is 0 Å². The molecule has 8 heteroatoms. The monoisotopic (exact) mass is 427 g/mol. The quantitative estimate of drug-likeness (QED) is 0.726. The summed E-state index contributed by atoms with van der Waals surface area (Å²) >= 11 is 0. The molecular weight excluding hydrogens is 398 g/mol. The van der Waals surface area contributed by atoms with Gasteiger partial charge in [-0.25, -0.2) is 4.98 Å². The Morgan fingerprint density at radius 1 is 1.10 bits per heavy atom. The fourth-order valence-corrected chi connectivity index (χ4v) is 4.45. The average molecular weight is 428 g/mol. The third-order valence-electron chi connectivity index (χ3n) is 6.08. The number of pyridine rings is 1. The van der Waals surface area contributed by atoms with Gasteiger partial charge in [-0.15, -0.1) is 0 Å². The number of benzene rings is 1. The number of ether oxygens (including phenoxy) is 4. The van der Waals surface area contributed by atoms with E-state index in [0.717, 1.165) is 38.0 Å². The van der Waals surface area contributed by atoms with Gasteiger partial charge < -0.3 is 23.8 Å². The van der Waals surface area contributed by atoms with Crippen LogP contribution in [0.4, 0.5) is 0 Å². The van der Waals surface area contributed by atoms with Crippen molar-refractivity contribution in [3.8, 4) is 23.1 Å². The van der Waals surface area contributed by atoms with Gasteiger partial charge in [0.15, 0.2) is 11.5 Å². The predicted molar refractivity (Wildman–Crippen MR) is 115 cm³/mol. The molecule has 1 spiro atoms. The second-order valence-corrected chi connectivity index (χ2v) is 8.11. The Balaban J connectivity index is 1.49. The average Bonchev–Trinajstić information content (AvgIpc) is 2.89. The van der Waals surface area contributed by atoms with Gasteiger partial charge in [-0.2, -0.15) is 0 Å². The molecule has 166 valence electrons. The Morgan fingerprint density at radius 3 is 2.39 bits per heavy atom. The molecule has 0 bridgehead atoms. The zero-order valence-corrected chi connectivity index (χ0v) is 18.5. The standard InChI is InChI=1S/C23H29N3O5/c1-25-15-23(31-21-17(22(25)27)6-5-9-24-21)7-10-26(11-8-23)14-16-12-18(28-2)20(30-4)19(13-16)29-3/h5-6,9,12-13H,7-8,10-11,14-15H2,1-4H3. The second-order valence-electron chi connectivity index (χ2n) is 8.11. The summed E-state index contributed by atoms with van der Waals surface area (Å²) in [7, 11) is 6.68. The van der Waals surface area contributed by atoms with Gasteiger partial charge in [0.2, 0.25) is 11.6 Å². The zero-order valence-electron chi connectivity index (χ0n) is 18.5. The van der Waals surface area contributed by atoms with Crippen molar-refractivity contribution >= 4 is 5.91 Å². The van der Waals surface area contributed by atoms with Crippen molar-refractivity contribution in [1.82, 2.24) is 14.8 Å². The minimum atomic E-state index is -0.421. The van der Waals surface area contributed by atoms with E-state index in [4.69, 9.17) is 18.9 Å². The summed E-state index contributed by atoms with van der Waals surface area (Å²) in [4.78, 5) is 21.2. The lowest BCUT2D eigenvalue weighted by atomic mass is 9.90. The van der Waals surface area contributed by atoms with Crippen LogP contribution in [0.15, 0.2) is 30.5 Å². The van der Waals surface area contributed by atoms with Crippen molar-refractivity contribution in [3.05, 3.63) is 41.6 Å². The largest absolute Gasteiger partial charge is 0.493 e. The molecular formula is C23H29N3O5. The highest BCUT2D eigenvalue weighted by Gasteiger charge is 2.42. The first-order valence-corrected chi connectivity index (χ1v) is 10.4. The molecule has 0 aliphatic carbocycles. The van der Waals surface area contributed by atoms with Crippen LogP contribution >= 0.6 is 0 Å². The molecule has 0 radical (unpaired) electrons. The fourth-order valence-electron chi connectivity index (χ4n) is 4.45. The minimum absolute atomic E-state index is 0.0418. The van der Waals surface area contributed by atoms with E-state index in [1.165, 1.54) is 0 Å². The number of hydrogen-bond acceptors (Lipinski definition) is 7. The molecule has 1 fully saturated rings. The van der Waals surface area contributed by atoms with E-state index in [2.05, 4.69) is 9.88 Å². The van der Waals surface area contributed by atoms with Gasteiger partial charge in [-0.3, -0.25) is 9.69 Å². The van der Waals surface area contributed by atoms with Gasteiger partial charge in [-0.1, -0.05) is 0 Å². The zero-order chi connectivity index (χ0) is 22.0. The highest BCUT2D eigenvalue weighted by atomic mass is 16.5. The number of likely N-dealkylation sites (N-methyl/N-ethyl adjacent to an activating group) is 1. The molecule has 1 aromatic heterocycles. The normalized spacial score (nSPS) is 18.2. The van der Waals surface area contributed by atoms with Crippen LogP contribution in [-0.2, 0) is 6.54 Å². The molecule has 3 heterocycles. The number of rotatable bonds is 5. The summed E-state index contributed by atoms with van der Waals surface area (Å²) in [6.45, 7) is 3.01. The van der Waals surface area contributed by atoms with Crippen LogP contribution in [0.5, 0.6) is 23.1 Å². The Kier molecular flexibility index (Phi) is 5.91. The number of methoxy groups -OCH3 is 3. The van der Waals surface area contributed by atoms with Gasteiger partial charge in [0.1, 0.15) is 11.2 Å². The van der Waals surface area contributed by atoms with Crippen molar-refractivity contribution in [2.24, 2.45) is 0 Å². The van der Waals surface area contributed by atoms with Gasteiger partial charge in [0.05, 0.1) is 27.9 Å². The van der Waals surface area contributed by atoms with Crippen molar-refractivity contribution in [2.45, 2.75) is 25.0 Å². The Hall–Kier alpha value is -3.00. The summed E-state index contributed by atoms with van der Waals surface area (Å²) in [6.07, 6.45) is 3.29. The molecule has 31 heavy (non-hydrogen) atoms. The topological polar surface area (TPSA) is 73.4 Å². The lowest BCUT2D eigenvalue weighted by Gasteiger charge is -2.42. The van der Waals surface area contributed by atoms with Crippen molar-refractivity contribution in [2.75, 3.05) is 48.0 Å². The molecule has 2 aliphatic heterocycles. The van der Waals surface area contributed by atoms with E-state index in [0.29, 0.717) is 35.2 Å². The molecule has 2 aromatic rings. The molecule has 0 unspecified atom stereocenters. The van der Waals surface area contributed by atoms with E-state index in [-0.39, 0.29) is 5.91 Å². The van der Waals surface area contributed by atoms with Crippen molar-refractivity contribution < 1.29 is 23.7 Å². The Bertz CT molecular complexity index is 931. The number of aromatic nitrogens is 1. The van der Waals surface area contributed by atoms with Crippen LogP contribution in [0.25, 0.3) is 0 Å². The third kappa shape index (κ3) is 4.12. The number of nitrogens with zero attached hydrogens (tertiary/aromatic N) is 3. The Labute approximate surface area is 182 Å². The maximum absolute atomic E-state index is 12.7. The highest BCUT2D eigenvalue weighted by Crippen LogP contribution is 2.39. The molecule has 1 saturated heterocycles.